The number of rotatable bonds is 5. The van der Waals surface area contributed by atoms with Gasteiger partial charge in [-0.15, -0.1) is 0 Å². The molecule has 3 heteroatoms. The van der Waals surface area contributed by atoms with E-state index in [1.807, 2.05) is 17.9 Å². The highest BCUT2D eigenvalue weighted by Crippen LogP contribution is 2.16. The second-order valence-electron chi connectivity index (χ2n) is 4.80. The van der Waals surface area contributed by atoms with Crippen molar-refractivity contribution in [3.05, 3.63) is 53.3 Å². The Labute approximate surface area is 109 Å². The highest BCUT2D eigenvalue weighted by atomic mass is 15.2. The van der Waals surface area contributed by atoms with Crippen molar-refractivity contribution in [3.8, 4) is 0 Å². The standard InChI is InChI=1S/C15H21N3/c1-12-6-4-5-7-15(12)13(2)16-9-8-14-10-17-18(3)11-14/h4-7,10-11,13,16H,8-9H2,1-3H3/t13-/m1/s1. The lowest BCUT2D eigenvalue weighted by Crippen LogP contribution is -2.21. The highest BCUT2D eigenvalue weighted by molar-refractivity contribution is 5.28. The molecule has 2 rings (SSSR count). The van der Waals surface area contributed by atoms with Crippen molar-refractivity contribution in [1.29, 1.82) is 0 Å². The van der Waals surface area contributed by atoms with Gasteiger partial charge < -0.3 is 5.32 Å². The van der Waals surface area contributed by atoms with Crippen LogP contribution in [0, 0.1) is 6.92 Å². The van der Waals surface area contributed by atoms with E-state index in [1.165, 1.54) is 16.7 Å². The number of aromatic nitrogens is 2. The average Bonchev–Trinajstić information content (AvgIpc) is 2.75. The number of hydrogen-bond donors (Lipinski definition) is 1. The molecular formula is C15H21N3. The molecule has 0 saturated heterocycles. The van der Waals surface area contributed by atoms with Crippen molar-refractivity contribution in [2.45, 2.75) is 26.3 Å². The Kier molecular flexibility index (Phi) is 4.15. The Bertz CT molecular complexity index is 502. The first-order chi connectivity index (χ1) is 8.66. The van der Waals surface area contributed by atoms with E-state index >= 15 is 0 Å². The van der Waals surface area contributed by atoms with Gasteiger partial charge in [0.15, 0.2) is 0 Å². The second-order valence-corrected chi connectivity index (χ2v) is 4.80. The van der Waals surface area contributed by atoms with Crippen LogP contribution in [0.3, 0.4) is 0 Å². The Morgan fingerprint density at radius 3 is 2.78 bits per heavy atom. The number of aryl methyl sites for hydroxylation is 2. The van der Waals surface area contributed by atoms with Gasteiger partial charge in [-0.25, -0.2) is 0 Å². The van der Waals surface area contributed by atoms with E-state index in [4.69, 9.17) is 0 Å². The van der Waals surface area contributed by atoms with Gasteiger partial charge in [-0.1, -0.05) is 24.3 Å². The molecule has 3 nitrogen and oxygen atoms in total. The molecule has 96 valence electrons. The molecule has 18 heavy (non-hydrogen) atoms. The van der Waals surface area contributed by atoms with Crippen LogP contribution in [0.15, 0.2) is 36.7 Å². The average molecular weight is 243 g/mol. The molecule has 0 spiro atoms. The largest absolute Gasteiger partial charge is 0.310 e. The van der Waals surface area contributed by atoms with Crippen molar-refractivity contribution in [1.82, 2.24) is 15.1 Å². The minimum atomic E-state index is 0.392. The number of nitrogens with one attached hydrogen (secondary N) is 1. The number of hydrogen-bond acceptors (Lipinski definition) is 2. The molecule has 0 fully saturated rings. The lowest BCUT2D eigenvalue weighted by atomic mass is 10.0. The highest BCUT2D eigenvalue weighted by Gasteiger charge is 2.06. The topological polar surface area (TPSA) is 29.9 Å². The van der Waals surface area contributed by atoms with E-state index in [9.17, 15) is 0 Å². The number of benzene rings is 1. The predicted molar refractivity (Wildman–Crippen MR) is 74.5 cm³/mol. The van der Waals surface area contributed by atoms with Crippen LogP contribution in [0.4, 0.5) is 0 Å². The molecule has 0 aliphatic carbocycles. The molecule has 0 amide bonds. The molecule has 1 atom stereocenters. The van der Waals surface area contributed by atoms with Crippen LogP contribution < -0.4 is 5.32 Å². The third-order valence-electron chi connectivity index (χ3n) is 3.28. The fraction of sp³-hybridized carbons (Fsp3) is 0.400. The van der Waals surface area contributed by atoms with Crippen LogP contribution in [0.25, 0.3) is 0 Å². The van der Waals surface area contributed by atoms with Gasteiger partial charge >= 0.3 is 0 Å². The third-order valence-corrected chi connectivity index (χ3v) is 3.28. The van der Waals surface area contributed by atoms with Gasteiger partial charge in [0.1, 0.15) is 0 Å². The van der Waals surface area contributed by atoms with Crippen molar-refractivity contribution in [3.63, 3.8) is 0 Å². The zero-order valence-corrected chi connectivity index (χ0v) is 11.4. The Hall–Kier alpha value is -1.61. The van der Waals surface area contributed by atoms with Crippen molar-refractivity contribution >= 4 is 0 Å². The maximum Gasteiger partial charge on any atom is 0.0522 e. The Morgan fingerprint density at radius 2 is 2.11 bits per heavy atom. The zero-order valence-electron chi connectivity index (χ0n) is 11.4. The smallest absolute Gasteiger partial charge is 0.0522 e. The molecule has 0 bridgehead atoms. The predicted octanol–water partition coefficient (Wildman–Crippen LogP) is 2.62. The molecule has 1 heterocycles. The summed E-state index contributed by atoms with van der Waals surface area (Å²) in [6.45, 7) is 5.35. The lowest BCUT2D eigenvalue weighted by Gasteiger charge is -2.16. The monoisotopic (exact) mass is 243 g/mol. The molecule has 0 aliphatic rings. The van der Waals surface area contributed by atoms with Crippen molar-refractivity contribution < 1.29 is 0 Å². The maximum atomic E-state index is 4.18. The summed E-state index contributed by atoms with van der Waals surface area (Å²) in [6, 6.07) is 8.93. The molecule has 0 saturated carbocycles. The van der Waals surface area contributed by atoms with E-state index in [0.717, 1.165) is 13.0 Å². The molecule has 0 aliphatic heterocycles. The summed E-state index contributed by atoms with van der Waals surface area (Å²) in [7, 11) is 1.95. The first-order valence-corrected chi connectivity index (χ1v) is 6.43. The fourth-order valence-corrected chi connectivity index (χ4v) is 2.22. The normalized spacial score (nSPS) is 12.6. The maximum absolute atomic E-state index is 4.18. The summed E-state index contributed by atoms with van der Waals surface area (Å²) >= 11 is 0. The Balaban J connectivity index is 1.85. The molecule has 0 radical (unpaired) electrons. The minimum absolute atomic E-state index is 0.392. The van der Waals surface area contributed by atoms with Gasteiger partial charge in [0.25, 0.3) is 0 Å². The van der Waals surface area contributed by atoms with E-state index in [2.05, 4.69) is 54.7 Å². The van der Waals surface area contributed by atoms with Gasteiger partial charge in [-0.3, -0.25) is 4.68 Å². The van der Waals surface area contributed by atoms with Crippen LogP contribution in [0.2, 0.25) is 0 Å². The van der Waals surface area contributed by atoms with Crippen LogP contribution in [-0.4, -0.2) is 16.3 Å². The van der Waals surface area contributed by atoms with E-state index in [-0.39, 0.29) is 0 Å². The molecular weight excluding hydrogens is 222 g/mol. The van der Waals surface area contributed by atoms with E-state index in [0.29, 0.717) is 6.04 Å². The summed E-state index contributed by atoms with van der Waals surface area (Å²) in [5.41, 5.74) is 4.00. The molecule has 1 N–H and O–H groups in total. The third kappa shape index (κ3) is 3.20. The molecule has 1 aromatic heterocycles. The first-order valence-electron chi connectivity index (χ1n) is 6.43. The van der Waals surface area contributed by atoms with Crippen LogP contribution in [0.5, 0.6) is 0 Å². The zero-order chi connectivity index (χ0) is 13.0. The van der Waals surface area contributed by atoms with Crippen LogP contribution in [-0.2, 0) is 13.5 Å². The lowest BCUT2D eigenvalue weighted by molar-refractivity contribution is 0.574. The van der Waals surface area contributed by atoms with Gasteiger partial charge in [0.2, 0.25) is 0 Å². The van der Waals surface area contributed by atoms with Crippen LogP contribution >= 0.6 is 0 Å². The summed E-state index contributed by atoms with van der Waals surface area (Å²) in [5.74, 6) is 0. The summed E-state index contributed by atoms with van der Waals surface area (Å²) in [4.78, 5) is 0. The molecule has 2 aromatic rings. The van der Waals surface area contributed by atoms with Crippen LogP contribution in [0.1, 0.15) is 29.7 Å². The van der Waals surface area contributed by atoms with E-state index < -0.39 is 0 Å². The summed E-state index contributed by atoms with van der Waals surface area (Å²) in [6.07, 6.45) is 5.02. The molecule has 1 aromatic carbocycles. The molecule has 0 unspecified atom stereocenters. The van der Waals surface area contributed by atoms with Crippen molar-refractivity contribution in [2.24, 2.45) is 7.05 Å². The first kappa shape index (κ1) is 12.8. The SMILES string of the molecule is Cc1ccccc1[C@@H](C)NCCc1cnn(C)c1. The van der Waals surface area contributed by atoms with Gasteiger partial charge in [-0.05, 0) is 43.5 Å². The second kappa shape index (κ2) is 5.83. The Morgan fingerprint density at radius 1 is 1.33 bits per heavy atom. The quantitative estimate of drug-likeness (QED) is 0.875. The van der Waals surface area contributed by atoms with Gasteiger partial charge in [-0.2, -0.15) is 5.10 Å². The van der Waals surface area contributed by atoms with Gasteiger partial charge in [0, 0.05) is 19.3 Å². The van der Waals surface area contributed by atoms with E-state index in [1.54, 1.807) is 0 Å². The van der Waals surface area contributed by atoms with Crippen molar-refractivity contribution in [2.75, 3.05) is 6.54 Å². The minimum Gasteiger partial charge on any atom is -0.310 e. The van der Waals surface area contributed by atoms with Gasteiger partial charge in [0.05, 0.1) is 6.20 Å². The summed E-state index contributed by atoms with van der Waals surface area (Å²) < 4.78 is 1.85. The summed E-state index contributed by atoms with van der Waals surface area (Å²) in [5, 5.41) is 7.74. The number of nitrogens with zero attached hydrogens (tertiary/aromatic N) is 2. The fourth-order valence-electron chi connectivity index (χ4n) is 2.22.